The van der Waals surface area contributed by atoms with Crippen LogP contribution in [0.2, 0.25) is 0 Å². The van der Waals surface area contributed by atoms with Crippen LogP contribution in [-0.2, 0) is 4.79 Å². The van der Waals surface area contributed by atoms with Crippen molar-refractivity contribution >= 4 is 17.3 Å². The minimum Gasteiger partial charge on any atom is -0.399 e. The molecule has 0 fully saturated rings. The number of benzene rings is 1. The highest BCUT2D eigenvalue weighted by atomic mass is 16.1. The molecule has 0 aliphatic carbocycles. The first kappa shape index (κ1) is 12.6. The van der Waals surface area contributed by atoms with Crippen LogP contribution >= 0.6 is 0 Å². The lowest BCUT2D eigenvalue weighted by Gasteiger charge is -2.26. The lowest BCUT2D eigenvalue weighted by Crippen LogP contribution is -2.30. The van der Waals surface area contributed by atoms with Gasteiger partial charge in [-0.05, 0) is 29.7 Å². The van der Waals surface area contributed by atoms with Crippen LogP contribution < -0.4 is 11.1 Å². The molecule has 0 aliphatic heterocycles. The molecule has 1 unspecified atom stereocenters. The van der Waals surface area contributed by atoms with Crippen molar-refractivity contribution in [1.29, 1.82) is 0 Å². The fraction of sp³-hybridized carbons (Fsp3) is 0.462. The number of anilines is 2. The van der Waals surface area contributed by atoms with Crippen molar-refractivity contribution < 1.29 is 4.79 Å². The van der Waals surface area contributed by atoms with Crippen LogP contribution in [0.15, 0.2) is 24.3 Å². The quantitative estimate of drug-likeness (QED) is 0.753. The van der Waals surface area contributed by atoms with Gasteiger partial charge in [-0.2, -0.15) is 0 Å². The first-order chi connectivity index (χ1) is 7.30. The van der Waals surface area contributed by atoms with E-state index in [1.165, 1.54) is 0 Å². The first-order valence-electron chi connectivity index (χ1n) is 5.47. The predicted molar refractivity (Wildman–Crippen MR) is 68.1 cm³/mol. The first-order valence-corrected chi connectivity index (χ1v) is 5.47. The van der Waals surface area contributed by atoms with Crippen LogP contribution in [0.25, 0.3) is 0 Å². The number of rotatable bonds is 2. The number of carbonyl (C=O) groups excluding carboxylic acids is 1. The van der Waals surface area contributed by atoms with Gasteiger partial charge in [0.25, 0.3) is 0 Å². The lowest BCUT2D eigenvalue weighted by atomic mass is 9.81. The molecule has 1 atom stereocenters. The van der Waals surface area contributed by atoms with Crippen molar-refractivity contribution in [3.8, 4) is 0 Å². The number of hydrogen-bond acceptors (Lipinski definition) is 2. The van der Waals surface area contributed by atoms with Crippen LogP contribution in [0.1, 0.15) is 27.7 Å². The van der Waals surface area contributed by atoms with Gasteiger partial charge in [0.15, 0.2) is 0 Å². The molecule has 0 aliphatic rings. The van der Waals surface area contributed by atoms with E-state index in [9.17, 15) is 4.79 Å². The molecule has 0 saturated heterocycles. The van der Waals surface area contributed by atoms with Gasteiger partial charge in [-0.15, -0.1) is 0 Å². The van der Waals surface area contributed by atoms with Crippen molar-refractivity contribution in [2.24, 2.45) is 11.3 Å². The maximum atomic E-state index is 11.9. The molecule has 0 radical (unpaired) electrons. The molecular formula is C13H20N2O. The van der Waals surface area contributed by atoms with Gasteiger partial charge in [-0.3, -0.25) is 4.79 Å². The molecule has 88 valence electrons. The van der Waals surface area contributed by atoms with Crippen molar-refractivity contribution in [3.05, 3.63) is 24.3 Å². The maximum Gasteiger partial charge on any atom is 0.227 e. The number of nitrogens with one attached hydrogen (secondary N) is 1. The maximum absolute atomic E-state index is 11.9. The Balaban J connectivity index is 2.68. The van der Waals surface area contributed by atoms with Gasteiger partial charge in [-0.1, -0.05) is 27.7 Å². The normalized spacial score (nSPS) is 13.2. The standard InChI is InChI=1S/C13H20N2O/c1-9(13(2,3)4)12(16)15-11-7-5-10(14)6-8-11/h5-9H,14H2,1-4H3,(H,15,16). The van der Waals surface area contributed by atoms with Crippen molar-refractivity contribution in [3.63, 3.8) is 0 Å². The molecule has 0 aromatic heterocycles. The van der Waals surface area contributed by atoms with Gasteiger partial charge in [0.2, 0.25) is 5.91 Å². The molecule has 3 heteroatoms. The van der Waals surface area contributed by atoms with Crippen molar-refractivity contribution in [2.45, 2.75) is 27.7 Å². The molecule has 0 saturated carbocycles. The average Bonchev–Trinajstić information content (AvgIpc) is 2.19. The summed E-state index contributed by atoms with van der Waals surface area (Å²) in [7, 11) is 0. The summed E-state index contributed by atoms with van der Waals surface area (Å²) in [4.78, 5) is 11.9. The fourth-order valence-electron chi connectivity index (χ4n) is 1.21. The van der Waals surface area contributed by atoms with E-state index in [-0.39, 0.29) is 17.2 Å². The Morgan fingerprint density at radius 3 is 2.19 bits per heavy atom. The third-order valence-electron chi connectivity index (χ3n) is 2.87. The molecular weight excluding hydrogens is 200 g/mol. The van der Waals surface area contributed by atoms with Crippen LogP contribution in [0.3, 0.4) is 0 Å². The average molecular weight is 220 g/mol. The SMILES string of the molecule is CC(C(=O)Nc1ccc(N)cc1)C(C)(C)C. The van der Waals surface area contributed by atoms with E-state index >= 15 is 0 Å². The Hall–Kier alpha value is -1.51. The highest BCUT2D eigenvalue weighted by Crippen LogP contribution is 2.26. The molecule has 0 spiro atoms. The highest BCUT2D eigenvalue weighted by molar-refractivity contribution is 5.92. The Kier molecular flexibility index (Phi) is 3.58. The van der Waals surface area contributed by atoms with E-state index < -0.39 is 0 Å². The Morgan fingerprint density at radius 2 is 1.75 bits per heavy atom. The minimum absolute atomic E-state index is 0.0299. The number of nitrogens with two attached hydrogens (primary N) is 1. The van der Waals surface area contributed by atoms with E-state index in [0.717, 1.165) is 5.69 Å². The third-order valence-corrected chi connectivity index (χ3v) is 2.87. The summed E-state index contributed by atoms with van der Waals surface area (Å²) in [5.74, 6) is 0.00215. The molecule has 3 nitrogen and oxygen atoms in total. The highest BCUT2D eigenvalue weighted by Gasteiger charge is 2.26. The second kappa shape index (κ2) is 4.56. The summed E-state index contributed by atoms with van der Waals surface area (Å²) in [5.41, 5.74) is 7.03. The zero-order chi connectivity index (χ0) is 12.3. The molecule has 1 aromatic carbocycles. The zero-order valence-corrected chi connectivity index (χ0v) is 10.4. The Bertz CT molecular complexity index is 363. The molecule has 0 heterocycles. The minimum atomic E-state index is -0.0370. The summed E-state index contributed by atoms with van der Waals surface area (Å²) in [5, 5.41) is 2.88. The van der Waals surface area contributed by atoms with Crippen LogP contribution in [0.5, 0.6) is 0 Å². The van der Waals surface area contributed by atoms with Crippen molar-refractivity contribution in [1.82, 2.24) is 0 Å². The smallest absolute Gasteiger partial charge is 0.227 e. The van der Waals surface area contributed by atoms with E-state index in [2.05, 4.69) is 26.1 Å². The van der Waals surface area contributed by atoms with Crippen LogP contribution in [-0.4, -0.2) is 5.91 Å². The third kappa shape index (κ3) is 3.26. The van der Waals surface area contributed by atoms with E-state index in [4.69, 9.17) is 5.73 Å². The topological polar surface area (TPSA) is 55.1 Å². The largest absolute Gasteiger partial charge is 0.399 e. The molecule has 3 N–H and O–H groups in total. The fourth-order valence-corrected chi connectivity index (χ4v) is 1.21. The van der Waals surface area contributed by atoms with E-state index in [1.54, 1.807) is 12.1 Å². The van der Waals surface area contributed by atoms with Gasteiger partial charge in [0, 0.05) is 17.3 Å². The molecule has 1 amide bonds. The van der Waals surface area contributed by atoms with Crippen LogP contribution in [0.4, 0.5) is 11.4 Å². The monoisotopic (exact) mass is 220 g/mol. The van der Waals surface area contributed by atoms with Crippen molar-refractivity contribution in [2.75, 3.05) is 11.1 Å². The second-order valence-corrected chi connectivity index (χ2v) is 5.20. The van der Waals surface area contributed by atoms with Crippen LogP contribution in [0, 0.1) is 11.3 Å². The number of nitrogen functional groups attached to an aromatic ring is 1. The van der Waals surface area contributed by atoms with Gasteiger partial charge in [0.05, 0.1) is 0 Å². The molecule has 16 heavy (non-hydrogen) atoms. The Morgan fingerprint density at radius 1 is 1.25 bits per heavy atom. The van der Waals surface area contributed by atoms with E-state index in [0.29, 0.717) is 5.69 Å². The number of hydrogen-bond donors (Lipinski definition) is 2. The molecule has 0 bridgehead atoms. The van der Waals surface area contributed by atoms with E-state index in [1.807, 2.05) is 19.1 Å². The summed E-state index contributed by atoms with van der Waals surface area (Å²) >= 11 is 0. The summed E-state index contributed by atoms with van der Waals surface area (Å²) in [6.45, 7) is 8.10. The van der Waals surface area contributed by atoms with Gasteiger partial charge in [-0.25, -0.2) is 0 Å². The summed E-state index contributed by atoms with van der Waals surface area (Å²) < 4.78 is 0. The predicted octanol–water partition coefficient (Wildman–Crippen LogP) is 2.89. The number of carbonyl (C=O) groups is 1. The van der Waals surface area contributed by atoms with Gasteiger partial charge >= 0.3 is 0 Å². The molecule has 1 aromatic rings. The zero-order valence-electron chi connectivity index (χ0n) is 10.4. The molecule has 1 rings (SSSR count). The summed E-state index contributed by atoms with van der Waals surface area (Å²) in [6.07, 6.45) is 0. The second-order valence-electron chi connectivity index (χ2n) is 5.20. The number of amides is 1. The van der Waals surface area contributed by atoms with Gasteiger partial charge in [0.1, 0.15) is 0 Å². The van der Waals surface area contributed by atoms with Gasteiger partial charge < -0.3 is 11.1 Å². The lowest BCUT2D eigenvalue weighted by molar-refractivity contribution is -0.122. The summed E-state index contributed by atoms with van der Waals surface area (Å²) in [6, 6.07) is 7.17. The Labute approximate surface area is 97.0 Å².